The summed E-state index contributed by atoms with van der Waals surface area (Å²) < 4.78 is 11.5. The van der Waals surface area contributed by atoms with E-state index in [9.17, 15) is 0 Å². The number of aliphatic imine (C=N–C) groups is 1. The number of hydrogen-bond acceptors (Lipinski definition) is 4. The summed E-state index contributed by atoms with van der Waals surface area (Å²) in [6, 6.07) is 17.1. The zero-order chi connectivity index (χ0) is 19.3. The molecule has 3 aromatic rings. The lowest BCUT2D eigenvalue weighted by Crippen LogP contribution is -2.22. The van der Waals surface area contributed by atoms with Crippen LogP contribution in [0.5, 0.6) is 11.5 Å². The van der Waals surface area contributed by atoms with Crippen molar-refractivity contribution in [1.82, 2.24) is 4.98 Å². The first-order chi connectivity index (χ1) is 12.9. The zero-order valence-electron chi connectivity index (χ0n) is 16.2. The normalized spacial score (nSPS) is 11.6. The molecule has 1 heterocycles. The van der Waals surface area contributed by atoms with E-state index < -0.39 is 0 Å². The average molecular weight is 492 g/mol. The number of para-hydroxylation sites is 1. The number of ether oxygens (including phenoxy) is 1. The van der Waals surface area contributed by atoms with E-state index in [1.165, 1.54) is 0 Å². The Morgan fingerprint density at radius 1 is 1.11 bits per heavy atom. The maximum atomic E-state index is 5.98. The molecule has 0 aliphatic heterocycles. The van der Waals surface area contributed by atoms with Crippen LogP contribution in [0.15, 0.2) is 70.2 Å². The molecule has 7 heteroatoms. The van der Waals surface area contributed by atoms with Gasteiger partial charge in [-0.1, -0.05) is 45.0 Å². The highest BCUT2D eigenvalue weighted by atomic mass is 127. The van der Waals surface area contributed by atoms with Crippen LogP contribution in [0.2, 0.25) is 0 Å². The van der Waals surface area contributed by atoms with Crippen LogP contribution in [0.3, 0.4) is 0 Å². The highest BCUT2D eigenvalue weighted by Gasteiger charge is 2.18. The Hall–Kier alpha value is -2.55. The van der Waals surface area contributed by atoms with Crippen molar-refractivity contribution in [2.45, 2.75) is 32.7 Å². The predicted molar refractivity (Wildman–Crippen MR) is 123 cm³/mol. The molecule has 148 valence electrons. The molecule has 3 rings (SSSR count). The molecule has 0 atom stereocenters. The first-order valence-electron chi connectivity index (χ1n) is 8.75. The number of halogens is 1. The number of rotatable bonds is 5. The molecule has 3 N–H and O–H groups in total. The summed E-state index contributed by atoms with van der Waals surface area (Å²) in [5.41, 5.74) is 6.68. The van der Waals surface area contributed by atoms with Gasteiger partial charge in [0.05, 0.1) is 6.20 Å². The third-order valence-electron chi connectivity index (χ3n) is 3.76. The van der Waals surface area contributed by atoms with Crippen LogP contribution in [-0.2, 0) is 12.0 Å². The average Bonchev–Trinajstić information content (AvgIpc) is 3.11. The highest BCUT2D eigenvalue weighted by Crippen LogP contribution is 2.24. The number of benzene rings is 2. The molecular formula is C21H25IN4O2. The molecule has 0 radical (unpaired) electrons. The first kappa shape index (κ1) is 21.7. The summed E-state index contributed by atoms with van der Waals surface area (Å²) in [5, 5.41) is 3.05. The molecule has 0 amide bonds. The molecule has 6 nitrogen and oxygen atoms in total. The van der Waals surface area contributed by atoms with Crippen LogP contribution in [-0.4, -0.2) is 10.9 Å². The Kier molecular flexibility index (Phi) is 7.45. The standard InChI is InChI=1S/C21H24N4O2.HI/c1-21(2,3)18-13-23-19(27-18)14-24-20(22)25-15-8-7-11-17(12-15)26-16-9-5-4-6-10-16;/h4-13H,14H2,1-3H3,(H3,22,24,25);1H. The van der Waals surface area contributed by atoms with Crippen LogP contribution >= 0.6 is 24.0 Å². The SMILES string of the molecule is CC(C)(C)c1cnc(CN=C(N)Nc2cccc(Oc3ccccc3)c2)o1.I. The van der Waals surface area contributed by atoms with Gasteiger partial charge >= 0.3 is 0 Å². The van der Waals surface area contributed by atoms with Gasteiger partial charge in [-0.3, -0.25) is 0 Å². The number of nitrogens with one attached hydrogen (secondary N) is 1. The van der Waals surface area contributed by atoms with E-state index in [1.54, 1.807) is 6.20 Å². The first-order valence-corrected chi connectivity index (χ1v) is 8.75. The van der Waals surface area contributed by atoms with Crippen LogP contribution in [0.25, 0.3) is 0 Å². The lowest BCUT2D eigenvalue weighted by Gasteiger charge is -2.12. The van der Waals surface area contributed by atoms with Gasteiger partial charge in [0.15, 0.2) is 5.96 Å². The van der Waals surface area contributed by atoms with Crippen molar-refractivity contribution in [3.8, 4) is 11.5 Å². The minimum atomic E-state index is -0.0854. The Balaban J connectivity index is 0.00000280. The second kappa shape index (κ2) is 9.59. The van der Waals surface area contributed by atoms with Crippen molar-refractivity contribution < 1.29 is 9.15 Å². The monoisotopic (exact) mass is 492 g/mol. The van der Waals surface area contributed by atoms with Crippen LogP contribution in [0, 0.1) is 0 Å². The molecule has 0 unspecified atom stereocenters. The molecule has 0 fully saturated rings. The van der Waals surface area contributed by atoms with Crippen molar-refractivity contribution >= 4 is 35.6 Å². The van der Waals surface area contributed by atoms with Gasteiger partial charge in [0.25, 0.3) is 0 Å². The van der Waals surface area contributed by atoms with Crippen LogP contribution in [0.1, 0.15) is 32.4 Å². The molecule has 2 aromatic carbocycles. The predicted octanol–water partition coefficient (Wildman–Crippen LogP) is 5.31. The van der Waals surface area contributed by atoms with Gasteiger partial charge in [0, 0.05) is 17.2 Å². The molecule has 0 aliphatic carbocycles. The number of guanidine groups is 1. The number of nitrogens with two attached hydrogens (primary N) is 1. The van der Waals surface area contributed by atoms with Crippen molar-refractivity contribution in [2.75, 3.05) is 5.32 Å². The molecule has 0 aliphatic rings. The van der Waals surface area contributed by atoms with Gasteiger partial charge in [0.2, 0.25) is 5.89 Å². The molecule has 28 heavy (non-hydrogen) atoms. The maximum Gasteiger partial charge on any atom is 0.216 e. The summed E-state index contributed by atoms with van der Waals surface area (Å²) >= 11 is 0. The van der Waals surface area contributed by atoms with E-state index in [-0.39, 0.29) is 41.9 Å². The van der Waals surface area contributed by atoms with Gasteiger partial charge < -0.3 is 20.2 Å². The second-order valence-electron chi connectivity index (χ2n) is 7.14. The fourth-order valence-corrected chi connectivity index (χ4v) is 2.33. The Bertz CT molecular complexity index is 917. The summed E-state index contributed by atoms with van der Waals surface area (Å²) in [7, 11) is 0. The van der Waals surface area contributed by atoms with E-state index >= 15 is 0 Å². The molecule has 1 aromatic heterocycles. The van der Waals surface area contributed by atoms with Gasteiger partial charge in [-0.05, 0) is 24.3 Å². The minimum Gasteiger partial charge on any atom is -0.457 e. The van der Waals surface area contributed by atoms with E-state index in [0.29, 0.717) is 11.6 Å². The van der Waals surface area contributed by atoms with E-state index in [4.69, 9.17) is 14.9 Å². The zero-order valence-corrected chi connectivity index (χ0v) is 18.5. The van der Waals surface area contributed by atoms with Gasteiger partial charge in [0.1, 0.15) is 23.8 Å². The Morgan fingerprint density at radius 2 is 1.82 bits per heavy atom. The Morgan fingerprint density at radius 3 is 2.50 bits per heavy atom. The summed E-state index contributed by atoms with van der Waals surface area (Å²) in [6.45, 7) is 6.48. The van der Waals surface area contributed by atoms with Crippen molar-refractivity contribution in [1.29, 1.82) is 0 Å². The second-order valence-corrected chi connectivity index (χ2v) is 7.14. The summed E-state index contributed by atoms with van der Waals surface area (Å²) in [6.07, 6.45) is 1.73. The topological polar surface area (TPSA) is 85.7 Å². The summed E-state index contributed by atoms with van der Waals surface area (Å²) in [4.78, 5) is 8.53. The third kappa shape index (κ3) is 6.26. The molecule has 0 saturated carbocycles. The van der Waals surface area contributed by atoms with E-state index in [2.05, 4.69) is 36.1 Å². The third-order valence-corrected chi connectivity index (χ3v) is 3.76. The van der Waals surface area contributed by atoms with Crippen LogP contribution in [0.4, 0.5) is 5.69 Å². The fourth-order valence-electron chi connectivity index (χ4n) is 2.33. The van der Waals surface area contributed by atoms with Gasteiger partial charge in [-0.25, -0.2) is 9.98 Å². The largest absolute Gasteiger partial charge is 0.457 e. The number of hydrogen-bond donors (Lipinski definition) is 2. The molecule has 0 saturated heterocycles. The molecular weight excluding hydrogens is 467 g/mol. The maximum absolute atomic E-state index is 5.98. The fraction of sp³-hybridized carbons (Fsp3) is 0.238. The number of oxazole rings is 1. The number of nitrogens with zero attached hydrogens (tertiary/aromatic N) is 2. The quantitative estimate of drug-likeness (QED) is 0.287. The Labute approximate surface area is 182 Å². The van der Waals surface area contributed by atoms with Gasteiger partial charge in [-0.2, -0.15) is 0 Å². The van der Waals surface area contributed by atoms with E-state index in [0.717, 1.165) is 17.2 Å². The molecule has 0 spiro atoms. The lowest BCUT2D eigenvalue weighted by molar-refractivity contribution is 0.383. The van der Waals surface area contributed by atoms with E-state index in [1.807, 2.05) is 54.6 Å². The van der Waals surface area contributed by atoms with Crippen molar-refractivity contribution in [3.05, 3.63) is 72.4 Å². The number of anilines is 1. The van der Waals surface area contributed by atoms with Crippen LogP contribution < -0.4 is 15.8 Å². The smallest absolute Gasteiger partial charge is 0.216 e. The lowest BCUT2D eigenvalue weighted by atomic mass is 9.94. The highest BCUT2D eigenvalue weighted by molar-refractivity contribution is 14.0. The molecule has 0 bridgehead atoms. The number of aromatic nitrogens is 1. The van der Waals surface area contributed by atoms with Crippen molar-refractivity contribution in [2.24, 2.45) is 10.7 Å². The summed E-state index contributed by atoms with van der Waals surface area (Å²) in [5.74, 6) is 3.12. The minimum absolute atomic E-state index is 0. The van der Waals surface area contributed by atoms with Gasteiger partial charge in [-0.15, -0.1) is 24.0 Å². The van der Waals surface area contributed by atoms with Crippen molar-refractivity contribution in [3.63, 3.8) is 0 Å².